The van der Waals surface area contributed by atoms with Crippen molar-refractivity contribution in [3.05, 3.63) is 0 Å². The highest BCUT2D eigenvalue weighted by Gasteiger charge is 2.15. The van der Waals surface area contributed by atoms with Gasteiger partial charge in [0.2, 0.25) is 0 Å². The van der Waals surface area contributed by atoms with E-state index in [2.05, 4.69) is 51.9 Å². The van der Waals surface area contributed by atoms with E-state index in [9.17, 15) is 0 Å². The summed E-state index contributed by atoms with van der Waals surface area (Å²) >= 11 is 0. The Morgan fingerprint density at radius 1 is 1.14 bits per heavy atom. The quantitative estimate of drug-likeness (QED) is 0.679. The predicted octanol–water partition coefficient (Wildman–Crippen LogP) is 2.49. The molecule has 2 nitrogen and oxygen atoms in total. The first-order valence-electron chi connectivity index (χ1n) is 5.94. The molecule has 1 N–H and O–H groups in total. The van der Waals surface area contributed by atoms with Crippen LogP contribution in [0.15, 0.2) is 0 Å². The fourth-order valence-electron chi connectivity index (χ4n) is 1.58. The van der Waals surface area contributed by atoms with Crippen molar-refractivity contribution in [2.45, 2.75) is 65.6 Å². The highest BCUT2D eigenvalue weighted by molar-refractivity contribution is 4.74. The summed E-state index contributed by atoms with van der Waals surface area (Å²) in [5.41, 5.74) is 0. The molecule has 0 saturated carbocycles. The van der Waals surface area contributed by atoms with Gasteiger partial charge in [-0.2, -0.15) is 0 Å². The average Bonchev–Trinajstić information content (AvgIpc) is 2.10. The second-order valence-corrected chi connectivity index (χ2v) is 4.76. The molecular weight excluding hydrogens is 172 g/mol. The zero-order valence-electron chi connectivity index (χ0n) is 10.8. The Balaban J connectivity index is 4.00. The van der Waals surface area contributed by atoms with Crippen LogP contribution < -0.4 is 5.32 Å². The molecule has 0 aromatic carbocycles. The molecule has 0 amide bonds. The van der Waals surface area contributed by atoms with E-state index in [4.69, 9.17) is 0 Å². The van der Waals surface area contributed by atoms with Gasteiger partial charge in [-0.1, -0.05) is 27.2 Å². The number of nitrogens with one attached hydrogen (secondary N) is 1. The van der Waals surface area contributed by atoms with E-state index in [1.54, 1.807) is 0 Å². The third-order valence-electron chi connectivity index (χ3n) is 2.77. The standard InChI is InChI=1S/C12H28N2/c1-7-8-12(9-13-10(2)3)14(6)11(4)5/h10-13H,7-9H2,1-6H3. The highest BCUT2D eigenvalue weighted by atomic mass is 15.2. The van der Waals surface area contributed by atoms with E-state index in [1.807, 2.05) is 0 Å². The van der Waals surface area contributed by atoms with Gasteiger partial charge in [-0.05, 0) is 27.3 Å². The minimum absolute atomic E-state index is 0.593. The lowest BCUT2D eigenvalue weighted by molar-refractivity contribution is 0.178. The Morgan fingerprint density at radius 3 is 2.07 bits per heavy atom. The molecule has 0 aliphatic carbocycles. The zero-order valence-corrected chi connectivity index (χ0v) is 10.8. The largest absolute Gasteiger partial charge is 0.313 e. The second kappa shape index (κ2) is 7.24. The lowest BCUT2D eigenvalue weighted by Gasteiger charge is -2.32. The molecule has 0 rings (SSSR count). The molecule has 0 aromatic rings. The van der Waals surface area contributed by atoms with E-state index >= 15 is 0 Å². The van der Waals surface area contributed by atoms with Crippen LogP contribution in [0.3, 0.4) is 0 Å². The van der Waals surface area contributed by atoms with Gasteiger partial charge in [-0.3, -0.25) is 4.90 Å². The summed E-state index contributed by atoms with van der Waals surface area (Å²) in [5.74, 6) is 0. The first-order valence-corrected chi connectivity index (χ1v) is 5.94. The van der Waals surface area contributed by atoms with Crippen molar-refractivity contribution in [3.8, 4) is 0 Å². The average molecular weight is 200 g/mol. The molecule has 0 spiro atoms. The summed E-state index contributed by atoms with van der Waals surface area (Å²) in [4.78, 5) is 2.47. The Kier molecular flexibility index (Phi) is 7.20. The Bertz CT molecular complexity index is 132. The molecule has 0 fully saturated rings. The first kappa shape index (κ1) is 13.9. The number of nitrogens with zero attached hydrogens (tertiary/aromatic N) is 1. The summed E-state index contributed by atoms with van der Waals surface area (Å²) in [5, 5.41) is 3.52. The third kappa shape index (κ3) is 5.61. The lowest BCUT2D eigenvalue weighted by atomic mass is 10.1. The van der Waals surface area contributed by atoms with Gasteiger partial charge in [0.1, 0.15) is 0 Å². The van der Waals surface area contributed by atoms with Crippen molar-refractivity contribution in [1.29, 1.82) is 0 Å². The molecule has 1 atom stereocenters. The van der Waals surface area contributed by atoms with Gasteiger partial charge in [-0.25, -0.2) is 0 Å². The third-order valence-corrected chi connectivity index (χ3v) is 2.77. The number of rotatable bonds is 7. The minimum Gasteiger partial charge on any atom is -0.313 e. The molecule has 86 valence electrons. The van der Waals surface area contributed by atoms with Crippen LogP contribution in [-0.4, -0.2) is 36.6 Å². The fourth-order valence-corrected chi connectivity index (χ4v) is 1.58. The van der Waals surface area contributed by atoms with Crippen molar-refractivity contribution in [2.75, 3.05) is 13.6 Å². The molecule has 2 heteroatoms. The SMILES string of the molecule is CCCC(CNC(C)C)N(C)C(C)C. The maximum absolute atomic E-state index is 3.52. The smallest absolute Gasteiger partial charge is 0.0220 e. The van der Waals surface area contributed by atoms with Gasteiger partial charge in [0.05, 0.1) is 0 Å². The molecule has 14 heavy (non-hydrogen) atoms. The predicted molar refractivity (Wildman–Crippen MR) is 64.7 cm³/mol. The molecule has 0 heterocycles. The van der Waals surface area contributed by atoms with Gasteiger partial charge in [0.25, 0.3) is 0 Å². The van der Waals surface area contributed by atoms with Crippen molar-refractivity contribution < 1.29 is 0 Å². The molecule has 0 aliphatic heterocycles. The molecule has 0 bridgehead atoms. The van der Waals surface area contributed by atoms with Crippen molar-refractivity contribution in [2.24, 2.45) is 0 Å². The van der Waals surface area contributed by atoms with E-state index in [-0.39, 0.29) is 0 Å². The maximum atomic E-state index is 3.52. The van der Waals surface area contributed by atoms with Gasteiger partial charge < -0.3 is 5.32 Å². The zero-order chi connectivity index (χ0) is 11.1. The molecular formula is C12H28N2. The highest BCUT2D eigenvalue weighted by Crippen LogP contribution is 2.08. The van der Waals surface area contributed by atoms with E-state index in [0.717, 1.165) is 6.54 Å². The summed E-state index contributed by atoms with van der Waals surface area (Å²) < 4.78 is 0. The number of likely N-dealkylation sites (N-methyl/N-ethyl adjacent to an activating group) is 1. The molecule has 0 aromatic heterocycles. The fraction of sp³-hybridized carbons (Fsp3) is 1.00. The van der Waals surface area contributed by atoms with Crippen molar-refractivity contribution in [3.63, 3.8) is 0 Å². The van der Waals surface area contributed by atoms with Crippen LogP contribution in [-0.2, 0) is 0 Å². The van der Waals surface area contributed by atoms with Crippen LogP contribution in [0.1, 0.15) is 47.5 Å². The molecule has 0 radical (unpaired) electrons. The Labute approximate surface area is 90.1 Å². The van der Waals surface area contributed by atoms with Gasteiger partial charge >= 0.3 is 0 Å². The van der Waals surface area contributed by atoms with Gasteiger partial charge in [0.15, 0.2) is 0 Å². The van der Waals surface area contributed by atoms with Gasteiger partial charge in [0, 0.05) is 24.7 Å². The van der Waals surface area contributed by atoms with Crippen LogP contribution in [0.2, 0.25) is 0 Å². The van der Waals surface area contributed by atoms with E-state index < -0.39 is 0 Å². The van der Waals surface area contributed by atoms with Gasteiger partial charge in [-0.15, -0.1) is 0 Å². The maximum Gasteiger partial charge on any atom is 0.0220 e. The Hall–Kier alpha value is -0.0800. The van der Waals surface area contributed by atoms with Crippen LogP contribution in [0, 0.1) is 0 Å². The van der Waals surface area contributed by atoms with E-state index in [1.165, 1.54) is 12.8 Å². The minimum atomic E-state index is 0.593. The first-order chi connectivity index (χ1) is 6.49. The lowest BCUT2D eigenvalue weighted by Crippen LogP contribution is -2.44. The number of hydrogen-bond donors (Lipinski definition) is 1. The Morgan fingerprint density at radius 2 is 1.71 bits per heavy atom. The van der Waals surface area contributed by atoms with Crippen molar-refractivity contribution in [1.82, 2.24) is 10.2 Å². The summed E-state index contributed by atoms with van der Waals surface area (Å²) in [6.07, 6.45) is 2.55. The summed E-state index contributed by atoms with van der Waals surface area (Å²) in [6.45, 7) is 12.3. The summed E-state index contributed by atoms with van der Waals surface area (Å²) in [6, 6.07) is 1.91. The van der Waals surface area contributed by atoms with Crippen LogP contribution in [0.25, 0.3) is 0 Å². The molecule has 0 saturated heterocycles. The van der Waals surface area contributed by atoms with Crippen molar-refractivity contribution >= 4 is 0 Å². The molecule has 1 unspecified atom stereocenters. The normalized spacial score (nSPS) is 14.4. The van der Waals surface area contributed by atoms with Crippen LogP contribution >= 0.6 is 0 Å². The second-order valence-electron chi connectivity index (χ2n) is 4.76. The monoisotopic (exact) mass is 200 g/mol. The van der Waals surface area contributed by atoms with Crippen LogP contribution in [0.5, 0.6) is 0 Å². The van der Waals surface area contributed by atoms with Crippen LogP contribution in [0.4, 0.5) is 0 Å². The number of hydrogen-bond acceptors (Lipinski definition) is 2. The topological polar surface area (TPSA) is 15.3 Å². The summed E-state index contributed by atoms with van der Waals surface area (Å²) in [7, 11) is 2.23. The van der Waals surface area contributed by atoms with E-state index in [0.29, 0.717) is 18.1 Å². The molecule has 0 aliphatic rings.